The van der Waals surface area contributed by atoms with Crippen molar-refractivity contribution >= 4 is 64.1 Å². The molecule has 1 saturated heterocycles. The second-order valence-corrected chi connectivity index (χ2v) is 8.56. The van der Waals surface area contributed by atoms with E-state index in [-0.39, 0.29) is 5.78 Å². The zero-order valence-corrected chi connectivity index (χ0v) is 21.1. The van der Waals surface area contributed by atoms with Gasteiger partial charge < -0.3 is 0 Å². The molecule has 1 heterocycles. The fraction of sp³-hybridized carbons (Fsp3) is 0. The summed E-state index contributed by atoms with van der Waals surface area (Å²) < 4.78 is 0. The van der Waals surface area contributed by atoms with Gasteiger partial charge in [0.1, 0.15) is 0 Å². The number of aliphatic imine (C=N–C) groups is 2. The molecule has 0 aliphatic carbocycles. The molecule has 1 aliphatic rings. The van der Waals surface area contributed by atoms with E-state index in [9.17, 15) is 4.79 Å². The number of allylic oxidation sites excluding steroid dienone is 1. The lowest BCUT2D eigenvalue weighted by atomic mass is 10.2. The van der Waals surface area contributed by atoms with Crippen molar-refractivity contribution in [1.29, 1.82) is 0 Å². The van der Waals surface area contributed by atoms with Gasteiger partial charge in [-0.25, -0.2) is 9.98 Å². The van der Waals surface area contributed by atoms with Crippen LogP contribution in [0.5, 0.6) is 0 Å². The molecular weight excluding hydrogens is 490 g/mol. The maximum atomic E-state index is 12.7. The van der Waals surface area contributed by atoms with Crippen molar-refractivity contribution in [1.82, 2.24) is 5.01 Å². The molecule has 0 unspecified atom stereocenters. The summed E-state index contributed by atoms with van der Waals surface area (Å²) in [6, 6.07) is 38.3. The number of hydrogen-bond acceptors (Lipinski definition) is 5. The number of ketones is 1. The maximum Gasteiger partial charge on any atom is 0.209 e. The standard InChI is InChI=1S/C31H23N5OS/c37-28(22-21-24-13-5-1-6-14-24)23-32-36-30(34-26-17-9-3-10-18-26)29(33-25-15-7-2-8-16-25)35(31(36)38)27-19-11-4-12-20-27/h1-23H/b22-21+,32-23+,33-29?,34-30?. The first kappa shape index (κ1) is 24.7. The summed E-state index contributed by atoms with van der Waals surface area (Å²) >= 11 is 5.87. The number of benzene rings is 4. The smallest absolute Gasteiger partial charge is 0.209 e. The number of hydrogen-bond donors (Lipinski definition) is 0. The summed E-state index contributed by atoms with van der Waals surface area (Å²) in [6.45, 7) is 0. The van der Waals surface area contributed by atoms with Crippen LogP contribution in [-0.4, -0.2) is 33.8 Å². The number of thiocarbonyl (C=S) groups is 1. The van der Waals surface area contributed by atoms with Crippen LogP contribution in [0.15, 0.2) is 142 Å². The Morgan fingerprint density at radius 2 is 1.16 bits per heavy atom. The van der Waals surface area contributed by atoms with Crippen molar-refractivity contribution in [3.8, 4) is 0 Å². The molecule has 0 atom stereocenters. The van der Waals surface area contributed by atoms with E-state index < -0.39 is 0 Å². The van der Waals surface area contributed by atoms with Gasteiger partial charge in [0.05, 0.1) is 23.3 Å². The molecule has 6 nitrogen and oxygen atoms in total. The fourth-order valence-corrected chi connectivity index (χ4v) is 4.06. The summed E-state index contributed by atoms with van der Waals surface area (Å²) in [4.78, 5) is 24.3. The van der Waals surface area contributed by atoms with Gasteiger partial charge in [-0.3, -0.25) is 9.69 Å². The number of hydrazone groups is 1. The highest BCUT2D eigenvalue weighted by Crippen LogP contribution is 2.28. The number of carbonyl (C=O) groups is 1. The van der Waals surface area contributed by atoms with E-state index in [1.54, 1.807) is 6.08 Å². The molecule has 0 radical (unpaired) electrons. The van der Waals surface area contributed by atoms with Crippen molar-refractivity contribution in [3.05, 3.63) is 133 Å². The fourth-order valence-electron chi connectivity index (χ4n) is 3.73. The number of carbonyl (C=O) groups excluding carboxylic acids is 1. The molecule has 0 N–H and O–H groups in total. The summed E-state index contributed by atoms with van der Waals surface area (Å²) in [7, 11) is 0. The van der Waals surface area contributed by atoms with Gasteiger partial charge >= 0.3 is 0 Å². The monoisotopic (exact) mass is 513 g/mol. The summed E-state index contributed by atoms with van der Waals surface area (Å²) in [6.07, 6.45) is 4.45. The number of amidine groups is 2. The number of para-hydroxylation sites is 3. The summed E-state index contributed by atoms with van der Waals surface area (Å²) in [5.74, 6) is 0.626. The van der Waals surface area contributed by atoms with E-state index >= 15 is 0 Å². The molecule has 7 heteroatoms. The Hall–Kier alpha value is -5.01. The molecule has 0 bridgehead atoms. The van der Waals surface area contributed by atoms with Gasteiger partial charge in [-0.2, -0.15) is 10.1 Å². The van der Waals surface area contributed by atoms with Crippen LogP contribution < -0.4 is 4.90 Å². The molecule has 38 heavy (non-hydrogen) atoms. The van der Waals surface area contributed by atoms with Crippen LogP contribution in [0, 0.1) is 0 Å². The van der Waals surface area contributed by atoms with Crippen molar-refractivity contribution in [2.75, 3.05) is 4.90 Å². The number of rotatable bonds is 7. The van der Waals surface area contributed by atoms with E-state index in [0.29, 0.717) is 22.5 Å². The van der Waals surface area contributed by atoms with E-state index in [4.69, 9.17) is 22.2 Å². The summed E-state index contributed by atoms with van der Waals surface area (Å²) in [5.41, 5.74) is 3.17. The molecule has 4 aromatic carbocycles. The predicted octanol–water partition coefficient (Wildman–Crippen LogP) is 6.82. The molecular formula is C31H23N5OS. The third-order valence-corrected chi connectivity index (χ3v) is 5.88. The molecule has 1 fully saturated rings. The first-order valence-electron chi connectivity index (χ1n) is 12.0. The molecule has 0 spiro atoms. The van der Waals surface area contributed by atoms with Gasteiger partial charge in [-0.1, -0.05) is 91.0 Å². The highest BCUT2D eigenvalue weighted by molar-refractivity contribution is 7.80. The van der Waals surface area contributed by atoms with Crippen molar-refractivity contribution < 1.29 is 4.79 Å². The van der Waals surface area contributed by atoms with Crippen molar-refractivity contribution in [3.63, 3.8) is 0 Å². The largest absolute Gasteiger partial charge is 0.288 e. The third kappa shape index (κ3) is 5.86. The van der Waals surface area contributed by atoms with Gasteiger partial charge in [-0.05, 0) is 60.3 Å². The van der Waals surface area contributed by atoms with Gasteiger partial charge in [0.2, 0.25) is 10.9 Å². The molecule has 5 rings (SSSR count). The Kier molecular flexibility index (Phi) is 7.67. The topological polar surface area (TPSA) is 60.6 Å². The highest BCUT2D eigenvalue weighted by Gasteiger charge is 2.39. The molecule has 4 aromatic rings. The Morgan fingerprint density at radius 3 is 1.74 bits per heavy atom. The Morgan fingerprint density at radius 1 is 0.658 bits per heavy atom. The van der Waals surface area contributed by atoms with Crippen molar-refractivity contribution in [2.24, 2.45) is 15.1 Å². The van der Waals surface area contributed by atoms with Crippen LogP contribution in [0.25, 0.3) is 6.08 Å². The quantitative estimate of drug-likeness (QED) is 0.155. The second kappa shape index (κ2) is 11.8. The van der Waals surface area contributed by atoms with Crippen LogP contribution in [0.2, 0.25) is 0 Å². The Bertz CT molecular complexity index is 1530. The van der Waals surface area contributed by atoms with Crippen LogP contribution in [0.4, 0.5) is 17.1 Å². The second-order valence-electron chi connectivity index (χ2n) is 8.20. The van der Waals surface area contributed by atoms with Gasteiger partial charge in [0.15, 0.2) is 11.6 Å². The van der Waals surface area contributed by atoms with Gasteiger partial charge in [0, 0.05) is 0 Å². The van der Waals surface area contributed by atoms with Crippen LogP contribution in [-0.2, 0) is 4.79 Å². The minimum Gasteiger partial charge on any atom is -0.288 e. The average molecular weight is 514 g/mol. The number of nitrogens with zero attached hydrogens (tertiary/aromatic N) is 5. The normalized spacial score (nSPS) is 15.8. The minimum absolute atomic E-state index is 0.282. The average Bonchev–Trinajstić information content (AvgIpc) is 3.22. The SMILES string of the molecule is O=C(/C=C/c1ccccc1)/C=N/N1C(=S)N(c2ccccc2)C(=Nc2ccccc2)C1=Nc1ccccc1. The van der Waals surface area contributed by atoms with Gasteiger partial charge in [-0.15, -0.1) is 0 Å². The van der Waals surface area contributed by atoms with Crippen molar-refractivity contribution in [2.45, 2.75) is 0 Å². The zero-order valence-electron chi connectivity index (χ0n) is 20.3. The highest BCUT2D eigenvalue weighted by atomic mass is 32.1. The van der Waals surface area contributed by atoms with E-state index in [2.05, 4.69) is 5.10 Å². The Labute approximate surface area is 226 Å². The molecule has 184 valence electrons. The van der Waals surface area contributed by atoms with Crippen LogP contribution >= 0.6 is 12.2 Å². The lowest BCUT2D eigenvalue weighted by molar-refractivity contribution is -0.108. The molecule has 0 saturated carbocycles. The minimum atomic E-state index is -0.282. The van der Waals surface area contributed by atoms with E-state index in [1.165, 1.54) is 17.3 Å². The lowest BCUT2D eigenvalue weighted by Gasteiger charge is -2.17. The molecule has 0 aromatic heterocycles. The zero-order chi connectivity index (χ0) is 26.2. The lowest BCUT2D eigenvalue weighted by Crippen LogP contribution is -2.31. The Balaban J connectivity index is 1.58. The molecule has 0 amide bonds. The van der Waals surface area contributed by atoms with Crippen LogP contribution in [0.1, 0.15) is 5.56 Å². The predicted molar refractivity (Wildman–Crippen MR) is 159 cm³/mol. The summed E-state index contributed by atoms with van der Waals surface area (Å²) in [5, 5.41) is 6.28. The van der Waals surface area contributed by atoms with E-state index in [1.807, 2.05) is 126 Å². The first-order valence-corrected chi connectivity index (χ1v) is 12.4. The maximum absolute atomic E-state index is 12.7. The number of anilines is 1. The van der Waals surface area contributed by atoms with Gasteiger partial charge in [0.25, 0.3) is 0 Å². The third-order valence-electron chi connectivity index (χ3n) is 5.52. The van der Waals surface area contributed by atoms with E-state index in [0.717, 1.165) is 16.9 Å². The first-order chi connectivity index (χ1) is 18.7. The van der Waals surface area contributed by atoms with Crippen LogP contribution in [0.3, 0.4) is 0 Å². The molecule has 1 aliphatic heterocycles.